The Hall–Kier alpha value is -5.43. The number of hydrogen-bond donors (Lipinski definition) is 2. The van der Waals surface area contributed by atoms with E-state index in [9.17, 15) is 14.7 Å². The number of aryl methyl sites for hydroxylation is 1. The Morgan fingerprint density at radius 3 is 2.04 bits per heavy atom. The van der Waals surface area contributed by atoms with Crippen LogP contribution in [0.1, 0.15) is 59.2 Å². The summed E-state index contributed by atoms with van der Waals surface area (Å²) in [5.74, 6) is -0.547. The third-order valence-corrected chi connectivity index (χ3v) is 7.98. The average Bonchev–Trinajstić information content (AvgIpc) is 3.10. The van der Waals surface area contributed by atoms with E-state index in [1.807, 2.05) is 60.7 Å². The Bertz CT molecular complexity index is 1700. The molecule has 0 radical (unpaired) electrons. The second kappa shape index (κ2) is 16.8. The molecule has 7 heteroatoms. The number of unbranched alkanes of at least 4 members (excludes halogenated alkanes) is 3. The molecule has 5 rings (SSSR count). The van der Waals surface area contributed by atoms with Crippen LogP contribution in [0.3, 0.4) is 0 Å². The summed E-state index contributed by atoms with van der Waals surface area (Å²) in [6, 6.07) is 36.9. The summed E-state index contributed by atoms with van der Waals surface area (Å²) in [6.45, 7) is 0.833. The molecule has 0 spiro atoms. The molecule has 4 aromatic carbocycles. The maximum atomic E-state index is 11.4. The molecule has 0 aliphatic carbocycles. The molecule has 0 atom stereocenters. The Balaban J connectivity index is 1.14. The van der Waals surface area contributed by atoms with Crippen LogP contribution in [-0.4, -0.2) is 33.7 Å². The van der Waals surface area contributed by atoms with Crippen molar-refractivity contribution >= 4 is 11.9 Å². The number of carbonyl (C=O) groups is 2. The molecule has 0 saturated heterocycles. The van der Waals surface area contributed by atoms with Gasteiger partial charge in [0.1, 0.15) is 12.4 Å². The summed E-state index contributed by atoms with van der Waals surface area (Å²) in [6.07, 6.45) is 5.08. The number of rotatable bonds is 17. The maximum absolute atomic E-state index is 11.4. The van der Waals surface area contributed by atoms with Gasteiger partial charge in [-0.25, -0.2) is 9.78 Å². The van der Waals surface area contributed by atoms with Crippen LogP contribution in [0.25, 0.3) is 22.4 Å². The first-order chi connectivity index (χ1) is 23.0. The SMILES string of the molecule is O=C(O)CCc1c(CCCCCCOc2cc(-c3ccccc3)cc(-c3ccccc3)n2)cccc1OCc1ccc(C(=O)O)cc1. The van der Waals surface area contributed by atoms with Gasteiger partial charge in [0.05, 0.1) is 17.9 Å². The molecule has 0 fully saturated rings. The zero-order valence-corrected chi connectivity index (χ0v) is 26.3. The maximum Gasteiger partial charge on any atom is 0.335 e. The number of carboxylic acids is 2. The number of hydrogen-bond acceptors (Lipinski definition) is 5. The molecule has 0 bridgehead atoms. The molecule has 0 amide bonds. The molecule has 0 aliphatic rings. The molecule has 1 heterocycles. The van der Waals surface area contributed by atoms with Crippen molar-refractivity contribution in [1.82, 2.24) is 4.98 Å². The number of aromatic nitrogens is 1. The van der Waals surface area contributed by atoms with E-state index in [2.05, 4.69) is 30.3 Å². The van der Waals surface area contributed by atoms with E-state index in [1.165, 1.54) is 0 Å². The predicted octanol–water partition coefficient (Wildman–Crippen LogP) is 8.89. The van der Waals surface area contributed by atoms with Gasteiger partial charge in [-0.3, -0.25) is 4.79 Å². The van der Waals surface area contributed by atoms with Crippen molar-refractivity contribution in [2.24, 2.45) is 0 Å². The molecular formula is C40H39NO6. The standard InChI is InChI=1S/C40H39NO6/c42-39(43)24-23-35-31(17-11-18-37(35)47-28-29-19-21-33(22-20-29)40(44)45)14-5-1-2-10-25-46-38-27-34(30-12-6-3-7-13-30)26-36(41-38)32-15-8-4-9-16-32/h3-4,6-9,11-13,15-22,26-27H,1-2,5,10,14,23-25,28H2,(H,42,43)(H,44,45). The average molecular weight is 630 g/mol. The number of benzene rings is 4. The van der Waals surface area contributed by atoms with Gasteiger partial charge in [-0.2, -0.15) is 0 Å². The number of aliphatic carboxylic acids is 1. The fraction of sp³-hybridized carbons (Fsp3) is 0.225. The summed E-state index contributed by atoms with van der Waals surface area (Å²) in [7, 11) is 0. The highest BCUT2D eigenvalue weighted by Crippen LogP contribution is 2.29. The van der Waals surface area contributed by atoms with Crippen molar-refractivity contribution in [3.05, 3.63) is 138 Å². The van der Waals surface area contributed by atoms with E-state index >= 15 is 0 Å². The minimum Gasteiger partial charge on any atom is -0.489 e. The minimum atomic E-state index is -0.975. The molecule has 2 N–H and O–H groups in total. The fourth-order valence-corrected chi connectivity index (χ4v) is 5.48. The van der Waals surface area contributed by atoms with Crippen molar-refractivity contribution in [1.29, 1.82) is 0 Å². The third kappa shape index (κ3) is 9.78. The summed E-state index contributed by atoms with van der Waals surface area (Å²) in [5.41, 5.74) is 7.17. The largest absolute Gasteiger partial charge is 0.489 e. The summed E-state index contributed by atoms with van der Waals surface area (Å²) < 4.78 is 12.3. The van der Waals surface area contributed by atoms with Crippen LogP contribution in [0.15, 0.2) is 115 Å². The Kier molecular flexibility index (Phi) is 11.7. The van der Waals surface area contributed by atoms with E-state index in [0.717, 1.165) is 71.2 Å². The van der Waals surface area contributed by atoms with Crippen LogP contribution >= 0.6 is 0 Å². The quantitative estimate of drug-likeness (QED) is 0.0990. The Morgan fingerprint density at radius 1 is 0.638 bits per heavy atom. The van der Waals surface area contributed by atoms with Crippen molar-refractivity contribution < 1.29 is 29.3 Å². The Labute approximate surface area is 275 Å². The van der Waals surface area contributed by atoms with Crippen molar-refractivity contribution in [3.8, 4) is 34.0 Å². The second-order valence-corrected chi connectivity index (χ2v) is 11.4. The highest BCUT2D eigenvalue weighted by atomic mass is 16.5. The Morgan fingerprint density at radius 2 is 1.34 bits per heavy atom. The molecular weight excluding hydrogens is 590 g/mol. The van der Waals surface area contributed by atoms with Gasteiger partial charge in [-0.15, -0.1) is 0 Å². The molecule has 1 aromatic heterocycles. The lowest BCUT2D eigenvalue weighted by Gasteiger charge is -2.16. The van der Waals surface area contributed by atoms with Gasteiger partial charge in [0, 0.05) is 18.1 Å². The van der Waals surface area contributed by atoms with Crippen molar-refractivity contribution in [2.45, 2.75) is 51.6 Å². The molecule has 47 heavy (non-hydrogen) atoms. The number of pyridine rings is 1. The van der Waals surface area contributed by atoms with Gasteiger partial charge in [0.15, 0.2) is 0 Å². The topological polar surface area (TPSA) is 106 Å². The van der Waals surface area contributed by atoms with Gasteiger partial charge >= 0.3 is 11.9 Å². The van der Waals surface area contributed by atoms with Crippen molar-refractivity contribution in [3.63, 3.8) is 0 Å². The monoisotopic (exact) mass is 629 g/mol. The minimum absolute atomic E-state index is 0.0174. The molecule has 0 aliphatic heterocycles. The fourth-order valence-electron chi connectivity index (χ4n) is 5.48. The third-order valence-electron chi connectivity index (χ3n) is 7.98. The predicted molar refractivity (Wildman–Crippen MR) is 183 cm³/mol. The summed E-state index contributed by atoms with van der Waals surface area (Å²) in [5, 5.41) is 18.5. The highest BCUT2D eigenvalue weighted by molar-refractivity contribution is 5.87. The lowest BCUT2D eigenvalue weighted by atomic mass is 9.96. The van der Waals surface area contributed by atoms with E-state index in [-0.39, 0.29) is 18.6 Å². The lowest BCUT2D eigenvalue weighted by molar-refractivity contribution is -0.136. The van der Waals surface area contributed by atoms with E-state index in [1.54, 1.807) is 24.3 Å². The van der Waals surface area contributed by atoms with Gasteiger partial charge < -0.3 is 19.7 Å². The van der Waals surface area contributed by atoms with Crippen LogP contribution < -0.4 is 9.47 Å². The number of aromatic carboxylic acids is 1. The van der Waals surface area contributed by atoms with E-state index < -0.39 is 11.9 Å². The van der Waals surface area contributed by atoms with Gasteiger partial charge in [-0.1, -0.05) is 97.8 Å². The number of carboxylic acid groups (broad SMARTS) is 2. The molecule has 0 unspecified atom stereocenters. The first kappa shape index (κ1) is 32.9. The van der Waals surface area contributed by atoms with E-state index in [4.69, 9.17) is 19.6 Å². The van der Waals surface area contributed by atoms with Crippen LogP contribution in [0, 0.1) is 0 Å². The lowest BCUT2D eigenvalue weighted by Crippen LogP contribution is -2.06. The zero-order chi connectivity index (χ0) is 32.8. The van der Waals surface area contributed by atoms with Gasteiger partial charge in [0.25, 0.3) is 0 Å². The summed E-state index contributed by atoms with van der Waals surface area (Å²) in [4.78, 5) is 27.3. The first-order valence-electron chi connectivity index (χ1n) is 16.0. The van der Waals surface area contributed by atoms with Crippen LogP contribution in [0.4, 0.5) is 0 Å². The summed E-state index contributed by atoms with van der Waals surface area (Å²) >= 11 is 0. The van der Waals surface area contributed by atoms with Gasteiger partial charge in [0.2, 0.25) is 5.88 Å². The highest BCUT2D eigenvalue weighted by Gasteiger charge is 2.13. The molecule has 5 aromatic rings. The molecule has 240 valence electrons. The number of ether oxygens (including phenoxy) is 2. The molecule has 7 nitrogen and oxygen atoms in total. The van der Waals surface area contributed by atoms with Crippen LogP contribution in [0.2, 0.25) is 0 Å². The van der Waals surface area contributed by atoms with Gasteiger partial charge in [-0.05, 0) is 77.8 Å². The van der Waals surface area contributed by atoms with Crippen LogP contribution in [-0.2, 0) is 24.2 Å². The van der Waals surface area contributed by atoms with E-state index in [0.29, 0.717) is 24.7 Å². The second-order valence-electron chi connectivity index (χ2n) is 11.4. The number of nitrogens with zero attached hydrogens (tertiary/aromatic N) is 1. The first-order valence-corrected chi connectivity index (χ1v) is 16.0. The molecule has 0 saturated carbocycles. The zero-order valence-electron chi connectivity index (χ0n) is 26.3. The smallest absolute Gasteiger partial charge is 0.335 e. The normalized spacial score (nSPS) is 10.8. The van der Waals surface area contributed by atoms with Crippen molar-refractivity contribution in [2.75, 3.05) is 6.61 Å². The van der Waals surface area contributed by atoms with Crippen LogP contribution in [0.5, 0.6) is 11.6 Å².